The van der Waals surface area contributed by atoms with E-state index in [1.165, 1.54) is 30.9 Å². The number of rotatable bonds is 13. The lowest BCUT2D eigenvalue weighted by Gasteiger charge is -2.34. The van der Waals surface area contributed by atoms with Crippen molar-refractivity contribution >= 4 is 29.7 Å². The van der Waals surface area contributed by atoms with E-state index in [1.54, 1.807) is 9.80 Å². The highest BCUT2D eigenvalue weighted by Crippen LogP contribution is 2.48. The summed E-state index contributed by atoms with van der Waals surface area (Å²) in [7, 11) is 2.58. The van der Waals surface area contributed by atoms with E-state index in [9.17, 15) is 19.2 Å². The number of carbonyl (C=O) groups excluding carboxylic acids is 4. The predicted octanol–water partition coefficient (Wildman–Crippen LogP) is 8.73. The predicted molar refractivity (Wildman–Crippen MR) is 262 cm³/mol. The van der Waals surface area contributed by atoms with Crippen LogP contribution in [-0.4, -0.2) is 104 Å². The average Bonchev–Trinajstić information content (AvgIpc) is 4.21. The maximum absolute atomic E-state index is 13.7. The molecule has 0 spiro atoms. The Balaban J connectivity index is 1.00. The van der Waals surface area contributed by atoms with Gasteiger partial charge in [-0.1, -0.05) is 109 Å². The number of H-pyrrole nitrogens is 2. The first-order valence-electron chi connectivity index (χ1n) is 24.3. The van der Waals surface area contributed by atoms with E-state index >= 15 is 0 Å². The Morgan fingerprint density at radius 1 is 0.594 bits per heavy atom. The fraction of sp³-hybridized carbons (Fsp3) is 0.500. The summed E-state index contributed by atoms with van der Waals surface area (Å²) in [4.78, 5) is 67.6. The lowest BCUT2D eigenvalue weighted by atomic mass is 9.87. The molecule has 0 bridgehead atoms. The SMILES string of the molecule is COC(=O)N[C@H](C(=O)N1CCC[C@H]1c1nc(-c2ccc(C3CC[C@H](c4ccc(-c5n[nH]c([C@@H]6CCCN6C(=O)[C@@H](NC(=O)OC)C(C)C)n5)cc4)N3c3ccc(C(C)(C)C)cc3)cc2)n[nH]1)C(C)C. The number of alkyl carbamates (subject to hydrolysis) is 2. The fourth-order valence-corrected chi connectivity index (χ4v) is 10.2. The van der Waals surface area contributed by atoms with Gasteiger partial charge < -0.3 is 34.8 Å². The minimum absolute atomic E-state index is 0.0158. The van der Waals surface area contributed by atoms with Crippen LogP contribution in [0.3, 0.4) is 0 Å². The van der Waals surface area contributed by atoms with E-state index < -0.39 is 24.3 Å². The van der Waals surface area contributed by atoms with E-state index in [2.05, 4.69) is 129 Å². The van der Waals surface area contributed by atoms with Gasteiger partial charge in [0.05, 0.1) is 38.4 Å². The average molecular weight is 942 g/mol. The van der Waals surface area contributed by atoms with Crippen molar-refractivity contribution in [3.05, 3.63) is 101 Å². The molecule has 6 atom stereocenters. The van der Waals surface area contributed by atoms with Gasteiger partial charge in [0.2, 0.25) is 11.8 Å². The Hall–Kier alpha value is -6.78. The van der Waals surface area contributed by atoms with Crippen LogP contribution >= 0.6 is 0 Å². The standard InChI is InChI=1S/C52H67N11O6/c1-30(2)42(53-50(66)68-8)48(64)61-28-10-12-40(61)46-55-44(57-59-46)34-18-14-32(15-19-34)38-26-27-39(63(38)37-24-22-36(23-25-37)52(5,6)7)33-16-20-35(21-17-33)45-56-47(60-58-45)41-13-11-29-62(41)49(65)43(31(3)4)54-51(67)69-9/h14-25,30-31,38-43H,10-13,26-29H2,1-9H3,(H,53,66)(H,54,67)(H,55,57,59)(H,56,58,60)/t38-,39?,40+,41+,42+,43+/m1/s1. The van der Waals surface area contributed by atoms with Gasteiger partial charge in [0, 0.05) is 29.9 Å². The molecular weight excluding hydrogens is 875 g/mol. The van der Waals surface area contributed by atoms with Gasteiger partial charge in [-0.05, 0) is 84.6 Å². The monoisotopic (exact) mass is 942 g/mol. The Bertz CT molecular complexity index is 2430. The third-order valence-electron chi connectivity index (χ3n) is 14.0. The number of hydrogen-bond acceptors (Lipinski definition) is 11. The molecule has 8 rings (SSSR count). The molecule has 2 aromatic heterocycles. The number of hydrogen-bond donors (Lipinski definition) is 4. The van der Waals surface area contributed by atoms with Crippen LogP contribution in [0.25, 0.3) is 22.8 Å². The molecule has 3 aliphatic rings. The Morgan fingerprint density at radius 2 is 1.00 bits per heavy atom. The summed E-state index contributed by atoms with van der Waals surface area (Å²) in [6.45, 7) is 15.4. The fourth-order valence-electron chi connectivity index (χ4n) is 10.2. The molecule has 5 heterocycles. The van der Waals surface area contributed by atoms with Crippen molar-refractivity contribution in [2.45, 2.75) is 129 Å². The summed E-state index contributed by atoms with van der Waals surface area (Å²) in [6, 6.07) is 24.2. The summed E-state index contributed by atoms with van der Waals surface area (Å²) in [6.07, 6.45) is 3.73. The molecule has 4 amide bonds. The quantitative estimate of drug-likeness (QED) is 0.0879. The first kappa shape index (κ1) is 48.7. The molecule has 366 valence electrons. The van der Waals surface area contributed by atoms with E-state index in [0.717, 1.165) is 55.3 Å². The number of anilines is 1. The Labute approximate surface area is 404 Å². The second kappa shape index (κ2) is 20.4. The summed E-state index contributed by atoms with van der Waals surface area (Å²) in [5, 5.41) is 20.9. The van der Waals surface area contributed by atoms with Crippen molar-refractivity contribution in [1.82, 2.24) is 50.8 Å². The zero-order valence-electron chi connectivity index (χ0n) is 41.3. The van der Waals surface area contributed by atoms with Gasteiger partial charge in [-0.15, -0.1) is 0 Å². The van der Waals surface area contributed by atoms with Crippen LogP contribution in [0, 0.1) is 11.8 Å². The minimum atomic E-state index is -0.718. The molecule has 69 heavy (non-hydrogen) atoms. The number of methoxy groups -OCH3 is 2. The van der Waals surface area contributed by atoms with Crippen molar-refractivity contribution in [3.63, 3.8) is 0 Å². The van der Waals surface area contributed by atoms with Crippen LogP contribution in [0.1, 0.15) is 139 Å². The summed E-state index contributed by atoms with van der Waals surface area (Å²) in [5.74, 6) is 1.78. The van der Waals surface area contributed by atoms with E-state index in [-0.39, 0.29) is 53.2 Å². The van der Waals surface area contributed by atoms with E-state index in [4.69, 9.17) is 19.4 Å². The van der Waals surface area contributed by atoms with Gasteiger partial charge in [0.15, 0.2) is 11.6 Å². The maximum atomic E-state index is 13.7. The van der Waals surface area contributed by atoms with Crippen LogP contribution in [0.4, 0.5) is 15.3 Å². The molecule has 3 saturated heterocycles. The highest BCUT2D eigenvalue weighted by Gasteiger charge is 2.40. The summed E-state index contributed by atoms with van der Waals surface area (Å²) in [5.41, 5.74) is 6.55. The van der Waals surface area contributed by atoms with Crippen LogP contribution < -0.4 is 15.5 Å². The van der Waals surface area contributed by atoms with E-state index in [0.29, 0.717) is 36.4 Å². The van der Waals surface area contributed by atoms with Gasteiger partial charge >= 0.3 is 12.2 Å². The number of aromatic nitrogens is 6. The van der Waals surface area contributed by atoms with Crippen molar-refractivity contribution in [1.29, 1.82) is 0 Å². The molecule has 5 aromatic rings. The lowest BCUT2D eigenvalue weighted by molar-refractivity contribution is -0.136. The molecule has 0 saturated carbocycles. The highest BCUT2D eigenvalue weighted by atomic mass is 16.5. The summed E-state index contributed by atoms with van der Waals surface area (Å²) >= 11 is 0. The normalized spacial score (nSPS) is 20.4. The number of likely N-dealkylation sites (tertiary alicyclic amines) is 2. The lowest BCUT2D eigenvalue weighted by Crippen LogP contribution is -2.51. The number of aromatic amines is 2. The van der Waals surface area contributed by atoms with E-state index in [1.807, 2.05) is 27.7 Å². The first-order valence-corrected chi connectivity index (χ1v) is 24.3. The summed E-state index contributed by atoms with van der Waals surface area (Å²) < 4.78 is 9.60. The molecule has 0 radical (unpaired) electrons. The second-order valence-electron chi connectivity index (χ2n) is 20.2. The number of benzene rings is 3. The highest BCUT2D eigenvalue weighted by molar-refractivity contribution is 5.87. The van der Waals surface area contributed by atoms with Crippen LogP contribution in [0.15, 0.2) is 72.8 Å². The second-order valence-corrected chi connectivity index (χ2v) is 20.2. The number of nitrogens with one attached hydrogen (secondary N) is 4. The molecular formula is C52H67N11O6. The zero-order chi connectivity index (χ0) is 49.1. The topological polar surface area (TPSA) is 204 Å². The largest absolute Gasteiger partial charge is 0.453 e. The van der Waals surface area contributed by atoms with Crippen LogP contribution in [0.5, 0.6) is 0 Å². The zero-order valence-corrected chi connectivity index (χ0v) is 41.3. The van der Waals surface area contributed by atoms with Gasteiger partial charge in [-0.2, -0.15) is 10.2 Å². The Kier molecular flexibility index (Phi) is 14.4. The van der Waals surface area contributed by atoms with Crippen molar-refractivity contribution in [2.24, 2.45) is 11.8 Å². The third-order valence-corrected chi connectivity index (χ3v) is 14.0. The third kappa shape index (κ3) is 10.3. The van der Waals surface area contributed by atoms with Crippen LogP contribution in [0.2, 0.25) is 0 Å². The van der Waals surface area contributed by atoms with Gasteiger partial charge in [-0.3, -0.25) is 19.8 Å². The molecule has 17 nitrogen and oxygen atoms in total. The van der Waals surface area contributed by atoms with Crippen molar-refractivity contribution < 1.29 is 28.7 Å². The molecule has 0 aliphatic carbocycles. The maximum Gasteiger partial charge on any atom is 0.407 e. The minimum Gasteiger partial charge on any atom is -0.453 e. The van der Waals surface area contributed by atoms with Gasteiger partial charge in [0.25, 0.3) is 0 Å². The Morgan fingerprint density at radius 3 is 1.36 bits per heavy atom. The van der Waals surface area contributed by atoms with Crippen molar-refractivity contribution in [3.8, 4) is 22.8 Å². The van der Waals surface area contributed by atoms with Gasteiger partial charge in [0.1, 0.15) is 23.7 Å². The smallest absolute Gasteiger partial charge is 0.407 e. The van der Waals surface area contributed by atoms with Crippen LogP contribution in [-0.2, 0) is 24.5 Å². The van der Waals surface area contributed by atoms with Gasteiger partial charge in [-0.25, -0.2) is 19.6 Å². The molecule has 3 aromatic carbocycles. The first-order chi connectivity index (χ1) is 33.1. The number of amides is 4. The molecule has 17 heteroatoms. The number of nitrogens with zero attached hydrogens (tertiary/aromatic N) is 7. The number of ether oxygens (including phenoxy) is 2. The molecule has 3 fully saturated rings. The number of carbonyl (C=O) groups is 4. The van der Waals surface area contributed by atoms with Crippen molar-refractivity contribution in [2.75, 3.05) is 32.2 Å². The molecule has 4 N–H and O–H groups in total. The molecule has 1 unspecified atom stereocenters. The molecule has 3 aliphatic heterocycles.